The van der Waals surface area contributed by atoms with Gasteiger partial charge in [-0.05, 0) is 33.7 Å². The molecule has 86 valence electrons. The number of hydrogen-bond donors (Lipinski definition) is 2. The molecule has 5 heteroatoms. The number of hydrogen-bond acceptors (Lipinski definition) is 3. The number of likely N-dealkylation sites (tertiary alicyclic amines) is 1. The normalized spacial score (nSPS) is 27.8. The molecule has 0 aliphatic carbocycles. The molecular weight excluding hydrogens is 196 g/mol. The molecule has 0 aromatic rings. The number of rotatable bonds is 3. The molecule has 1 aliphatic heterocycles. The zero-order valence-electron chi connectivity index (χ0n) is 9.41. The Morgan fingerprint density at radius 2 is 2.13 bits per heavy atom. The zero-order chi connectivity index (χ0) is 11.6. The highest BCUT2D eigenvalue weighted by Gasteiger charge is 2.46. The second kappa shape index (κ2) is 4.18. The highest BCUT2D eigenvalue weighted by molar-refractivity contribution is 5.89. The van der Waals surface area contributed by atoms with Crippen LogP contribution in [-0.2, 0) is 9.59 Å². The van der Waals surface area contributed by atoms with Crippen LogP contribution in [0.4, 0.5) is 0 Å². The maximum atomic E-state index is 11.9. The van der Waals surface area contributed by atoms with E-state index in [4.69, 9.17) is 5.11 Å². The minimum Gasteiger partial charge on any atom is -0.480 e. The average molecular weight is 214 g/mol. The van der Waals surface area contributed by atoms with Gasteiger partial charge in [-0.25, -0.2) is 4.79 Å². The maximum Gasteiger partial charge on any atom is 0.329 e. The van der Waals surface area contributed by atoms with Gasteiger partial charge in [0.2, 0.25) is 5.91 Å². The fourth-order valence-corrected chi connectivity index (χ4v) is 1.90. The van der Waals surface area contributed by atoms with Crippen molar-refractivity contribution in [2.75, 3.05) is 13.6 Å². The summed E-state index contributed by atoms with van der Waals surface area (Å²) in [6, 6.07) is -0.332. The van der Waals surface area contributed by atoms with Crippen molar-refractivity contribution in [1.82, 2.24) is 10.2 Å². The number of likely N-dealkylation sites (N-methyl/N-ethyl adjacent to an activating group) is 1. The Kier molecular flexibility index (Phi) is 3.34. The third-order valence-electron chi connectivity index (χ3n) is 3.17. The summed E-state index contributed by atoms with van der Waals surface area (Å²) in [4.78, 5) is 24.5. The van der Waals surface area contributed by atoms with Gasteiger partial charge in [-0.2, -0.15) is 0 Å². The maximum absolute atomic E-state index is 11.9. The summed E-state index contributed by atoms with van der Waals surface area (Å²) < 4.78 is 0. The van der Waals surface area contributed by atoms with E-state index in [-0.39, 0.29) is 11.9 Å². The van der Waals surface area contributed by atoms with Gasteiger partial charge in [0.1, 0.15) is 5.54 Å². The van der Waals surface area contributed by atoms with Crippen molar-refractivity contribution in [1.29, 1.82) is 0 Å². The van der Waals surface area contributed by atoms with Crippen molar-refractivity contribution in [3.05, 3.63) is 0 Å². The number of nitrogens with one attached hydrogen (secondary N) is 1. The smallest absolute Gasteiger partial charge is 0.329 e. The van der Waals surface area contributed by atoms with Crippen LogP contribution in [0.3, 0.4) is 0 Å². The molecule has 1 amide bonds. The molecule has 1 heterocycles. The number of amides is 1. The van der Waals surface area contributed by atoms with Gasteiger partial charge in [0, 0.05) is 6.54 Å². The van der Waals surface area contributed by atoms with Crippen LogP contribution in [0.15, 0.2) is 0 Å². The van der Waals surface area contributed by atoms with Crippen molar-refractivity contribution >= 4 is 11.9 Å². The van der Waals surface area contributed by atoms with Crippen molar-refractivity contribution in [2.24, 2.45) is 0 Å². The van der Waals surface area contributed by atoms with Crippen LogP contribution in [0, 0.1) is 0 Å². The van der Waals surface area contributed by atoms with Crippen LogP contribution in [0.2, 0.25) is 0 Å². The van der Waals surface area contributed by atoms with Gasteiger partial charge < -0.3 is 15.3 Å². The Balaban J connectivity index is 2.86. The molecule has 1 aliphatic rings. The second-order valence-electron chi connectivity index (χ2n) is 4.18. The summed E-state index contributed by atoms with van der Waals surface area (Å²) in [6.45, 7) is 3.89. The van der Waals surface area contributed by atoms with E-state index in [0.29, 0.717) is 13.0 Å². The minimum atomic E-state index is -1.03. The molecule has 15 heavy (non-hydrogen) atoms. The van der Waals surface area contributed by atoms with Crippen LogP contribution < -0.4 is 5.32 Å². The highest BCUT2D eigenvalue weighted by Crippen LogP contribution is 2.29. The summed E-state index contributed by atoms with van der Waals surface area (Å²) >= 11 is 0. The summed E-state index contributed by atoms with van der Waals surface area (Å²) in [6.07, 6.45) is 1.29. The number of carbonyl (C=O) groups excluding carboxylic acids is 1. The number of nitrogens with zero attached hydrogens (tertiary/aromatic N) is 1. The molecule has 1 saturated heterocycles. The number of carbonyl (C=O) groups is 2. The molecule has 2 unspecified atom stereocenters. The van der Waals surface area contributed by atoms with Crippen molar-refractivity contribution < 1.29 is 14.7 Å². The second-order valence-corrected chi connectivity index (χ2v) is 4.18. The quantitative estimate of drug-likeness (QED) is 0.697. The predicted molar refractivity (Wildman–Crippen MR) is 55.5 cm³/mol. The van der Waals surface area contributed by atoms with Crippen LogP contribution in [0.1, 0.15) is 26.7 Å². The fraction of sp³-hybridized carbons (Fsp3) is 0.800. The summed E-state index contributed by atoms with van der Waals surface area (Å²) in [5.74, 6) is -1.06. The SMILES string of the molecule is CNC(C)C(=O)N1CCCC1(C)C(=O)O. The monoisotopic (exact) mass is 214 g/mol. The zero-order valence-corrected chi connectivity index (χ0v) is 9.41. The lowest BCUT2D eigenvalue weighted by atomic mass is 9.99. The van der Waals surface area contributed by atoms with Gasteiger partial charge in [0.25, 0.3) is 0 Å². The van der Waals surface area contributed by atoms with Gasteiger partial charge in [0.15, 0.2) is 0 Å². The van der Waals surface area contributed by atoms with Crippen molar-refractivity contribution in [3.8, 4) is 0 Å². The van der Waals surface area contributed by atoms with Gasteiger partial charge >= 0.3 is 5.97 Å². The van der Waals surface area contributed by atoms with E-state index in [9.17, 15) is 9.59 Å². The summed E-state index contributed by atoms with van der Waals surface area (Å²) in [5.41, 5.74) is -1.03. The van der Waals surface area contributed by atoms with E-state index < -0.39 is 11.5 Å². The first-order chi connectivity index (χ1) is 6.93. The molecule has 1 rings (SSSR count). The van der Waals surface area contributed by atoms with E-state index in [0.717, 1.165) is 6.42 Å². The Labute approximate surface area is 89.4 Å². The number of carboxylic acids is 1. The van der Waals surface area contributed by atoms with E-state index in [1.807, 2.05) is 0 Å². The van der Waals surface area contributed by atoms with Gasteiger partial charge in [-0.15, -0.1) is 0 Å². The van der Waals surface area contributed by atoms with Gasteiger partial charge in [-0.3, -0.25) is 4.79 Å². The third-order valence-corrected chi connectivity index (χ3v) is 3.17. The van der Waals surface area contributed by atoms with Crippen molar-refractivity contribution in [2.45, 2.75) is 38.3 Å². The van der Waals surface area contributed by atoms with E-state index in [1.165, 1.54) is 4.90 Å². The largest absolute Gasteiger partial charge is 0.480 e. The van der Waals surface area contributed by atoms with Crippen molar-refractivity contribution in [3.63, 3.8) is 0 Å². The number of carboxylic acid groups (broad SMARTS) is 1. The molecule has 0 saturated carbocycles. The van der Waals surface area contributed by atoms with Crippen LogP contribution in [0.25, 0.3) is 0 Å². The minimum absolute atomic E-state index is 0.139. The molecule has 0 aromatic carbocycles. The predicted octanol–water partition coefficient (Wildman–Crippen LogP) is 0.0600. The molecule has 1 fully saturated rings. The van der Waals surface area contributed by atoms with Crippen LogP contribution >= 0.6 is 0 Å². The topological polar surface area (TPSA) is 69.6 Å². The highest BCUT2D eigenvalue weighted by atomic mass is 16.4. The Morgan fingerprint density at radius 3 is 2.60 bits per heavy atom. The molecular formula is C10H18N2O3. The Bertz CT molecular complexity index is 280. The van der Waals surface area contributed by atoms with E-state index in [1.54, 1.807) is 20.9 Å². The summed E-state index contributed by atoms with van der Waals surface area (Å²) in [7, 11) is 1.69. The lowest BCUT2D eigenvalue weighted by molar-refractivity contribution is -0.155. The fourth-order valence-electron chi connectivity index (χ4n) is 1.90. The standard InChI is InChI=1S/C10H18N2O3/c1-7(11-3)8(13)12-6-4-5-10(12,2)9(14)15/h7,11H,4-6H2,1-3H3,(H,14,15). The Morgan fingerprint density at radius 1 is 1.53 bits per heavy atom. The molecule has 2 N–H and O–H groups in total. The summed E-state index contributed by atoms with van der Waals surface area (Å²) in [5, 5.41) is 12.0. The lowest BCUT2D eigenvalue weighted by Gasteiger charge is -2.33. The molecule has 0 aromatic heterocycles. The van der Waals surface area contributed by atoms with E-state index in [2.05, 4.69) is 5.32 Å². The molecule has 2 atom stereocenters. The van der Waals surface area contributed by atoms with E-state index >= 15 is 0 Å². The first-order valence-corrected chi connectivity index (χ1v) is 5.15. The molecule has 0 radical (unpaired) electrons. The molecule has 0 spiro atoms. The molecule has 0 bridgehead atoms. The average Bonchev–Trinajstić information content (AvgIpc) is 2.59. The third kappa shape index (κ3) is 1.97. The van der Waals surface area contributed by atoms with Gasteiger partial charge in [0.05, 0.1) is 6.04 Å². The van der Waals surface area contributed by atoms with Gasteiger partial charge in [-0.1, -0.05) is 0 Å². The van der Waals surface area contributed by atoms with Crippen LogP contribution in [-0.4, -0.2) is 47.1 Å². The Hall–Kier alpha value is -1.10. The lowest BCUT2D eigenvalue weighted by Crippen LogP contribution is -2.55. The first-order valence-electron chi connectivity index (χ1n) is 5.15. The molecule has 5 nitrogen and oxygen atoms in total. The van der Waals surface area contributed by atoms with Crippen LogP contribution in [0.5, 0.6) is 0 Å². The first kappa shape index (κ1) is 12.0. The number of aliphatic carboxylic acids is 1.